The number of nitro groups is 1. The molecule has 0 spiro atoms. The molecule has 2 aromatic rings. The molecule has 0 bridgehead atoms. The van der Waals surface area contributed by atoms with Gasteiger partial charge in [-0.1, -0.05) is 11.6 Å². The first-order chi connectivity index (χ1) is 11.3. The molecule has 1 aromatic carbocycles. The van der Waals surface area contributed by atoms with Crippen LogP contribution in [0, 0.1) is 15.9 Å². The lowest BCUT2D eigenvalue weighted by Gasteiger charge is -2.27. The van der Waals surface area contributed by atoms with Crippen LogP contribution in [0.4, 0.5) is 10.1 Å². The number of aromatic carboxylic acids is 1. The first-order valence-corrected chi connectivity index (χ1v) is 7.02. The molecule has 2 N–H and O–H groups in total. The largest absolute Gasteiger partial charge is 0.477 e. The minimum absolute atomic E-state index is 0.0653. The van der Waals surface area contributed by atoms with Crippen molar-refractivity contribution in [2.45, 2.75) is 12.6 Å². The minimum Gasteiger partial charge on any atom is -0.477 e. The summed E-state index contributed by atoms with van der Waals surface area (Å²) in [6.07, 6.45) is 0. The van der Waals surface area contributed by atoms with Gasteiger partial charge in [0, 0.05) is 16.7 Å². The van der Waals surface area contributed by atoms with E-state index in [0.29, 0.717) is 0 Å². The molecule has 0 unspecified atom stereocenters. The topological polar surface area (TPSA) is 114 Å². The first-order valence-electron chi connectivity index (χ1n) is 6.65. The summed E-state index contributed by atoms with van der Waals surface area (Å²) in [7, 11) is 0. The van der Waals surface area contributed by atoms with Gasteiger partial charge in [0.2, 0.25) is 5.91 Å². The lowest BCUT2D eigenvalue weighted by molar-refractivity contribution is -0.385. The Hall–Kier alpha value is -2.94. The Morgan fingerprint density at radius 3 is 2.79 bits per heavy atom. The maximum atomic E-state index is 13.6. The molecular formula is C14H9ClFN3O5. The molecule has 0 saturated carbocycles. The average molecular weight is 354 g/mol. The minimum atomic E-state index is -1.41. The Morgan fingerprint density at radius 1 is 1.46 bits per heavy atom. The van der Waals surface area contributed by atoms with Gasteiger partial charge in [-0.2, -0.15) is 0 Å². The Kier molecular flexibility index (Phi) is 3.72. The second kappa shape index (κ2) is 5.60. The number of fused-ring (bicyclic) bond motifs is 1. The number of aromatic nitrogens is 1. The number of hydrogen-bond donors (Lipinski definition) is 2. The van der Waals surface area contributed by atoms with E-state index in [1.54, 1.807) is 0 Å². The number of carboxylic acid groups (broad SMARTS) is 1. The van der Waals surface area contributed by atoms with Crippen LogP contribution in [0.15, 0.2) is 24.3 Å². The van der Waals surface area contributed by atoms with Gasteiger partial charge in [0.25, 0.3) is 5.69 Å². The van der Waals surface area contributed by atoms with Gasteiger partial charge in [0.15, 0.2) is 0 Å². The SMILES string of the molecule is O=C1Cn2c(C(=O)O)cc([N+](=O)[O-])c2[C@@H](c2cc(F)ccc2Cl)N1. The maximum Gasteiger partial charge on any atom is 0.352 e. The zero-order valence-electron chi connectivity index (χ0n) is 11.8. The molecule has 10 heteroatoms. The summed E-state index contributed by atoms with van der Waals surface area (Å²) in [6.45, 7) is -0.395. The van der Waals surface area contributed by atoms with Gasteiger partial charge < -0.3 is 15.0 Å². The molecule has 0 radical (unpaired) electrons. The van der Waals surface area contributed by atoms with E-state index in [2.05, 4.69) is 5.32 Å². The van der Waals surface area contributed by atoms with E-state index in [9.17, 15) is 29.2 Å². The Balaban J connectivity index is 2.29. The van der Waals surface area contributed by atoms with Gasteiger partial charge >= 0.3 is 5.97 Å². The lowest BCUT2D eigenvalue weighted by Crippen LogP contribution is -2.40. The molecule has 1 atom stereocenters. The van der Waals surface area contributed by atoms with Crippen molar-refractivity contribution in [1.29, 1.82) is 0 Å². The number of halogens is 2. The van der Waals surface area contributed by atoms with Gasteiger partial charge in [0.1, 0.15) is 29.8 Å². The van der Waals surface area contributed by atoms with Gasteiger partial charge in [-0.25, -0.2) is 9.18 Å². The zero-order chi connectivity index (χ0) is 17.6. The molecule has 1 amide bonds. The lowest BCUT2D eigenvalue weighted by atomic mass is 10.0. The van der Waals surface area contributed by atoms with Crippen LogP contribution in [0.5, 0.6) is 0 Å². The van der Waals surface area contributed by atoms with Crippen molar-refractivity contribution >= 4 is 29.2 Å². The second-order valence-corrected chi connectivity index (χ2v) is 5.52. The van der Waals surface area contributed by atoms with Crippen LogP contribution in [0.2, 0.25) is 5.02 Å². The fourth-order valence-corrected chi connectivity index (χ4v) is 2.95. The van der Waals surface area contributed by atoms with Crippen LogP contribution in [-0.4, -0.2) is 26.5 Å². The Morgan fingerprint density at radius 2 is 2.17 bits per heavy atom. The first kappa shape index (κ1) is 15.9. The van der Waals surface area contributed by atoms with Crippen LogP contribution >= 0.6 is 11.6 Å². The van der Waals surface area contributed by atoms with Gasteiger partial charge in [-0.15, -0.1) is 0 Å². The monoisotopic (exact) mass is 353 g/mol. The number of rotatable bonds is 3. The highest BCUT2D eigenvalue weighted by atomic mass is 35.5. The molecule has 0 saturated heterocycles. The van der Waals surface area contributed by atoms with Crippen molar-refractivity contribution in [1.82, 2.24) is 9.88 Å². The molecule has 2 heterocycles. The van der Waals surface area contributed by atoms with Crippen molar-refractivity contribution in [3.8, 4) is 0 Å². The van der Waals surface area contributed by atoms with Crippen LogP contribution in [0.1, 0.15) is 27.8 Å². The quantitative estimate of drug-likeness (QED) is 0.647. The summed E-state index contributed by atoms with van der Waals surface area (Å²) in [5, 5.41) is 23.1. The third kappa shape index (κ3) is 2.48. The van der Waals surface area contributed by atoms with Crippen molar-refractivity contribution in [2.24, 2.45) is 0 Å². The van der Waals surface area contributed by atoms with Gasteiger partial charge in [-0.3, -0.25) is 14.9 Å². The highest BCUT2D eigenvalue weighted by Crippen LogP contribution is 2.38. The number of benzene rings is 1. The van der Waals surface area contributed by atoms with Crippen LogP contribution in [0.25, 0.3) is 0 Å². The fraction of sp³-hybridized carbons (Fsp3) is 0.143. The van der Waals surface area contributed by atoms with E-state index in [1.807, 2.05) is 0 Å². The predicted molar refractivity (Wildman–Crippen MR) is 79.4 cm³/mol. The summed E-state index contributed by atoms with van der Waals surface area (Å²) in [6, 6.07) is 3.14. The molecule has 8 nitrogen and oxygen atoms in total. The summed E-state index contributed by atoms with van der Waals surface area (Å²) in [5.74, 6) is -2.63. The average Bonchev–Trinajstić information content (AvgIpc) is 2.88. The molecule has 124 valence electrons. The summed E-state index contributed by atoms with van der Waals surface area (Å²) in [4.78, 5) is 33.8. The Labute approximate surface area is 138 Å². The third-order valence-corrected chi connectivity index (χ3v) is 4.03. The van der Waals surface area contributed by atoms with E-state index in [4.69, 9.17) is 11.6 Å². The van der Waals surface area contributed by atoms with Crippen molar-refractivity contribution in [2.75, 3.05) is 0 Å². The molecule has 3 rings (SSSR count). The number of nitrogens with zero attached hydrogens (tertiary/aromatic N) is 2. The normalized spacial score (nSPS) is 16.4. The maximum absolute atomic E-state index is 13.6. The predicted octanol–water partition coefficient (Wildman–Crippen LogP) is 2.11. The highest BCUT2D eigenvalue weighted by Gasteiger charge is 2.38. The van der Waals surface area contributed by atoms with Gasteiger partial charge in [0.05, 0.1) is 4.92 Å². The van der Waals surface area contributed by atoms with E-state index < -0.39 is 46.6 Å². The second-order valence-electron chi connectivity index (χ2n) is 5.11. The molecule has 0 aliphatic carbocycles. The molecule has 24 heavy (non-hydrogen) atoms. The molecular weight excluding hydrogens is 345 g/mol. The zero-order valence-corrected chi connectivity index (χ0v) is 12.6. The van der Waals surface area contributed by atoms with E-state index >= 15 is 0 Å². The highest BCUT2D eigenvalue weighted by molar-refractivity contribution is 6.31. The van der Waals surface area contributed by atoms with E-state index in [1.165, 1.54) is 6.07 Å². The van der Waals surface area contributed by atoms with Crippen molar-refractivity contribution in [3.63, 3.8) is 0 Å². The molecule has 1 aromatic heterocycles. The number of carbonyl (C=O) groups excluding carboxylic acids is 1. The number of nitrogens with one attached hydrogen (secondary N) is 1. The van der Waals surface area contributed by atoms with Crippen LogP contribution in [0.3, 0.4) is 0 Å². The van der Waals surface area contributed by atoms with Crippen LogP contribution < -0.4 is 5.32 Å². The fourth-order valence-electron chi connectivity index (χ4n) is 2.73. The summed E-state index contributed by atoms with van der Waals surface area (Å²) >= 11 is 6.03. The number of carboxylic acids is 1. The molecule has 0 fully saturated rings. The van der Waals surface area contributed by atoms with Crippen molar-refractivity contribution < 1.29 is 24.0 Å². The third-order valence-electron chi connectivity index (χ3n) is 3.68. The van der Waals surface area contributed by atoms with E-state index in [0.717, 1.165) is 22.8 Å². The van der Waals surface area contributed by atoms with E-state index in [-0.39, 0.29) is 16.3 Å². The smallest absolute Gasteiger partial charge is 0.352 e. The van der Waals surface area contributed by atoms with Gasteiger partial charge in [-0.05, 0) is 18.2 Å². The van der Waals surface area contributed by atoms with Crippen molar-refractivity contribution in [3.05, 3.63) is 62.2 Å². The number of carbonyl (C=O) groups is 2. The summed E-state index contributed by atoms with van der Waals surface area (Å²) in [5.41, 5.74) is -0.851. The molecule has 1 aliphatic rings. The standard InChI is InChI=1S/C14H9ClFN3O5/c15-8-2-1-6(16)3-7(8)12-13-9(19(23)24)4-10(14(21)22)18(13)5-11(20)17-12/h1-4,12H,5H2,(H,17,20)(H,21,22)/t12-/m1/s1. The Bertz CT molecular complexity index is 895. The molecule has 1 aliphatic heterocycles. The summed E-state index contributed by atoms with van der Waals surface area (Å²) < 4.78 is 14.6. The number of hydrogen-bond acceptors (Lipinski definition) is 4. The number of amides is 1. The van der Waals surface area contributed by atoms with Crippen LogP contribution in [-0.2, 0) is 11.3 Å².